The molecule has 3 rings (SSSR count). The van der Waals surface area contributed by atoms with Crippen molar-refractivity contribution in [3.8, 4) is 11.5 Å². The van der Waals surface area contributed by atoms with E-state index in [9.17, 15) is 14.7 Å². The largest absolute Gasteiger partial charge is 0.507 e. The number of aliphatic hydroxyl groups is 1. The molecule has 0 spiro atoms. The molecule has 176 valence electrons. The van der Waals surface area contributed by atoms with Crippen LogP contribution in [-0.4, -0.2) is 67.0 Å². The van der Waals surface area contributed by atoms with Crippen molar-refractivity contribution in [1.82, 2.24) is 9.80 Å². The lowest BCUT2D eigenvalue weighted by molar-refractivity contribution is -0.140. The second-order valence-electron chi connectivity index (χ2n) is 7.63. The smallest absolute Gasteiger partial charge is 0.295 e. The van der Waals surface area contributed by atoms with Crippen LogP contribution in [0.3, 0.4) is 0 Å². The van der Waals surface area contributed by atoms with Crippen LogP contribution in [-0.2, 0) is 9.59 Å². The Hall–Kier alpha value is -3.03. The Morgan fingerprint density at radius 2 is 1.73 bits per heavy atom. The SMILES string of the molecule is CCN(CC)CCN1C(=O)C(=O)/C(=C(\O)c2ccc(Cl)cc2)C1c1ccc(OC)cc1OC. The normalized spacial score (nSPS) is 17.6. The number of nitrogens with zero attached hydrogens (tertiary/aromatic N) is 2. The summed E-state index contributed by atoms with van der Waals surface area (Å²) >= 11 is 5.98. The molecule has 0 saturated carbocycles. The van der Waals surface area contributed by atoms with Gasteiger partial charge in [0.1, 0.15) is 17.3 Å². The van der Waals surface area contributed by atoms with Gasteiger partial charge in [-0.15, -0.1) is 0 Å². The Bertz CT molecular complexity index is 1050. The van der Waals surface area contributed by atoms with Gasteiger partial charge in [-0.2, -0.15) is 0 Å². The number of carbonyl (C=O) groups excluding carboxylic acids is 2. The molecule has 7 nitrogen and oxygen atoms in total. The fourth-order valence-electron chi connectivity index (χ4n) is 4.03. The first kappa shape index (κ1) is 24.6. The number of aliphatic hydroxyl groups excluding tert-OH is 1. The van der Waals surface area contributed by atoms with E-state index in [1.165, 1.54) is 12.0 Å². The number of carbonyl (C=O) groups is 2. The number of likely N-dealkylation sites (tertiary alicyclic amines) is 1. The molecule has 1 heterocycles. The van der Waals surface area contributed by atoms with E-state index < -0.39 is 17.7 Å². The first-order chi connectivity index (χ1) is 15.9. The highest BCUT2D eigenvalue weighted by Gasteiger charge is 2.47. The highest BCUT2D eigenvalue weighted by molar-refractivity contribution is 6.46. The lowest BCUT2D eigenvalue weighted by atomic mass is 9.94. The second-order valence-corrected chi connectivity index (χ2v) is 8.07. The maximum absolute atomic E-state index is 13.2. The van der Waals surface area contributed by atoms with Crippen LogP contribution in [0.2, 0.25) is 5.02 Å². The number of likely N-dealkylation sites (N-methyl/N-ethyl adjacent to an activating group) is 1. The molecule has 1 aliphatic heterocycles. The van der Waals surface area contributed by atoms with Gasteiger partial charge in [-0.25, -0.2) is 0 Å². The number of ketones is 1. The number of hydrogen-bond donors (Lipinski definition) is 1. The number of Topliss-reactive ketones (excluding diaryl/α,β-unsaturated/α-hetero) is 1. The van der Waals surface area contributed by atoms with Crippen molar-refractivity contribution in [2.45, 2.75) is 19.9 Å². The third kappa shape index (κ3) is 4.99. The Kier molecular flexibility index (Phi) is 8.00. The molecule has 0 radical (unpaired) electrons. The molecular formula is C25H29ClN2O5. The number of benzene rings is 2. The summed E-state index contributed by atoms with van der Waals surface area (Å²) in [7, 11) is 3.06. The van der Waals surface area contributed by atoms with Crippen molar-refractivity contribution in [1.29, 1.82) is 0 Å². The molecule has 1 aliphatic rings. The lowest BCUT2D eigenvalue weighted by Crippen LogP contribution is -2.38. The third-order valence-electron chi connectivity index (χ3n) is 5.94. The van der Waals surface area contributed by atoms with Crippen LogP contribution in [0.4, 0.5) is 0 Å². The second kappa shape index (κ2) is 10.7. The Labute approximate surface area is 199 Å². The number of halogens is 1. The predicted molar refractivity (Wildman–Crippen MR) is 128 cm³/mol. The standard InChI is InChI=1S/C25H29ClN2O5/c1-5-27(6-2)13-14-28-22(19-12-11-18(32-3)15-20(19)33-4)21(24(30)25(28)31)23(29)16-7-9-17(26)10-8-16/h7-12,15,22,29H,5-6,13-14H2,1-4H3/b23-21-. The highest BCUT2D eigenvalue weighted by atomic mass is 35.5. The number of hydrogen-bond acceptors (Lipinski definition) is 6. The maximum atomic E-state index is 13.2. The van der Waals surface area contributed by atoms with E-state index >= 15 is 0 Å². The van der Waals surface area contributed by atoms with Crippen LogP contribution in [0.5, 0.6) is 11.5 Å². The summed E-state index contributed by atoms with van der Waals surface area (Å²) in [5.41, 5.74) is 1.01. The molecule has 8 heteroatoms. The first-order valence-corrected chi connectivity index (χ1v) is 11.2. The summed E-state index contributed by atoms with van der Waals surface area (Å²) in [5, 5.41) is 11.6. The van der Waals surface area contributed by atoms with E-state index in [1.807, 2.05) is 13.8 Å². The number of methoxy groups -OCH3 is 2. The van der Waals surface area contributed by atoms with Gasteiger partial charge in [0.25, 0.3) is 11.7 Å². The van der Waals surface area contributed by atoms with Crippen molar-refractivity contribution in [3.05, 3.63) is 64.2 Å². The zero-order chi connectivity index (χ0) is 24.1. The fourth-order valence-corrected chi connectivity index (χ4v) is 4.16. The zero-order valence-electron chi connectivity index (χ0n) is 19.3. The van der Waals surface area contributed by atoms with E-state index in [-0.39, 0.29) is 11.3 Å². The topological polar surface area (TPSA) is 79.3 Å². The van der Waals surface area contributed by atoms with Crippen molar-refractivity contribution >= 4 is 29.1 Å². The van der Waals surface area contributed by atoms with Crippen molar-refractivity contribution in [3.63, 3.8) is 0 Å². The van der Waals surface area contributed by atoms with Crippen LogP contribution >= 0.6 is 11.6 Å². The first-order valence-electron chi connectivity index (χ1n) is 10.8. The van der Waals surface area contributed by atoms with Crippen molar-refractivity contribution in [2.75, 3.05) is 40.4 Å². The molecule has 1 amide bonds. The maximum Gasteiger partial charge on any atom is 0.295 e. The summed E-state index contributed by atoms with van der Waals surface area (Å²) in [5.74, 6) is -0.604. The molecule has 1 unspecified atom stereocenters. The Morgan fingerprint density at radius 3 is 2.30 bits per heavy atom. The summed E-state index contributed by atoms with van der Waals surface area (Å²) < 4.78 is 10.9. The van der Waals surface area contributed by atoms with Gasteiger partial charge in [0.15, 0.2) is 0 Å². The molecule has 33 heavy (non-hydrogen) atoms. The Balaban J connectivity index is 2.17. The molecule has 0 aromatic heterocycles. The fraction of sp³-hybridized carbons (Fsp3) is 0.360. The Morgan fingerprint density at radius 1 is 1.06 bits per heavy atom. The van der Waals surface area contributed by atoms with Crippen LogP contribution < -0.4 is 9.47 Å². The zero-order valence-corrected chi connectivity index (χ0v) is 20.1. The van der Waals surface area contributed by atoms with E-state index in [1.54, 1.807) is 49.6 Å². The van der Waals surface area contributed by atoms with Crippen LogP contribution in [0.1, 0.15) is 31.0 Å². The number of amides is 1. The van der Waals surface area contributed by atoms with E-state index in [4.69, 9.17) is 21.1 Å². The van der Waals surface area contributed by atoms with Gasteiger partial charge in [0.2, 0.25) is 0 Å². The molecule has 0 aliphatic carbocycles. The highest BCUT2D eigenvalue weighted by Crippen LogP contribution is 2.43. The average molecular weight is 473 g/mol. The summed E-state index contributed by atoms with van der Waals surface area (Å²) in [4.78, 5) is 30.0. The predicted octanol–water partition coefficient (Wildman–Crippen LogP) is 4.12. The minimum Gasteiger partial charge on any atom is -0.507 e. The molecule has 1 N–H and O–H groups in total. The van der Waals surface area contributed by atoms with Gasteiger partial charge >= 0.3 is 0 Å². The van der Waals surface area contributed by atoms with Gasteiger partial charge in [0.05, 0.1) is 25.8 Å². The van der Waals surface area contributed by atoms with Crippen LogP contribution in [0.15, 0.2) is 48.0 Å². The summed E-state index contributed by atoms with van der Waals surface area (Å²) in [6, 6.07) is 10.9. The van der Waals surface area contributed by atoms with E-state index in [2.05, 4.69) is 4.90 Å². The average Bonchev–Trinajstić information content (AvgIpc) is 3.09. The minimum absolute atomic E-state index is 0.0188. The molecule has 2 aromatic rings. The third-order valence-corrected chi connectivity index (χ3v) is 6.20. The summed E-state index contributed by atoms with van der Waals surface area (Å²) in [6.45, 7) is 6.65. The molecule has 2 aromatic carbocycles. The van der Waals surface area contributed by atoms with Gasteiger partial charge in [0, 0.05) is 35.3 Å². The van der Waals surface area contributed by atoms with Gasteiger partial charge in [-0.3, -0.25) is 9.59 Å². The molecule has 0 bridgehead atoms. The molecule has 1 fully saturated rings. The minimum atomic E-state index is -0.808. The van der Waals surface area contributed by atoms with Gasteiger partial charge < -0.3 is 24.4 Å². The van der Waals surface area contributed by atoms with Crippen LogP contribution in [0, 0.1) is 0 Å². The van der Waals surface area contributed by atoms with Gasteiger partial charge in [-0.05, 0) is 49.5 Å². The quantitative estimate of drug-likeness (QED) is 0.336. The molecule has 1 atom stereocenters. The monoisotopic (exact) mass is 472 g/mol. The van der Waals surface area contributed by atoms with E-state index in [0.717, 1.165) is 13.1 Å². The van der Waals surface area contributed by atoms with Crippen molar-refractivity contribution < 1.29 is 24.2 Å². The van der Waals surface area contributed by atoms with Crippen LogP contribution in [0.25, 0.3) is 5.76 Å². The molecule has 1 saturated heterocycles. The lowest BCUT2D eigenvalue weighted by Gasteiger charge is -2.29. The number of rotatable bonds is 9. The van der Waals surface area contributed by atoms with Gasteiger partial charge in [-0.1, -0.05) is 25.4 Å². The van der Waals surface area contributed by atoms with E-state index in [0.29, 0.717) is 40.7 Å². The number of ether oxygens (including phenoxy) is 2. The summed E-state index contributed by atoms with van der Waals surface area (Å²) in [6.07, 6.45) is 0. The molecular weight excluding hydrogens is 444 g/mol. The van der Waals surface area contributed by atoms with Crippen molar-refractivity contribution in [2.24, 2.45) is 0 Å².